The summed E-state index contributed by atoms with van der Waals surface area (Å²) in [5.41, 5.74) is 5.85. The molecule has 1 aliphatic rings. The maximum Gasteiger partial charge on any atom is 0.435 e. The summed E-state index contributed by atoms with van der Waals surface area (Å²) in [5.74, 6) is 0.321. The van der Waals surface area contributed by atoms with Crippen LogP contribution >= 0.6 is 0 Å². The van der Waals surface area contributed by atoms with Gasteiger partial charge in [0.1, 0.15) is 5.82 Å². The van der Waals surface area contributed by atoms with Crippen molar-refractivity contribution in [1.82, 2.24) is 29.6 Å². The number of piperazine rings is 1. The molecule has 0 spiro atoms. The van der Waals surface area contributed by atoms with E-state index in [-0.39, 0.29) is 54.5 Å². The van der Waals surface area contributed by atoms with Crippen LogP contribution in [0.3, 0.4) is 0 Å². The summed E-state index contributed by atoms with van der Waals surface area (Å²) in [5, 5.41) is 6.22. The van der Waals surface area contributed by atoms with Gasteiger partial charge >= 0.3 is 12.2 Å². The van der Waals surface area contributed by atoms with Gasteiger partial charge in [-0.2, -0.15) is 28.2 Å². The van der Waals surface area contributed by atoms with Crippen LogP contribution in [0.15, 0.2) is 12.1 Å². The molecule has 34 heavy (non-hydrogen) atoms. The summed E-state index contributed by atoms with van der Waals surface area (Å²) < 4.78 is 47.1. The predicted molar refractivity (Wildman–Crippen MR) is 119 cm³/mol. The third-order valence-corrected chi connectivity index (χ3v) is 5.65. The van der Waals surface area contributed by atoms with E-state index < -0.39 is 11.9 Å². The van der Waals surface area contributed by atoms with Crippen LogP contribution in [-0.4, -0.2) is 68.4 Å². The van der Waals surface area contributed by atoms with Gasteiger partial charge in [-0.1, -0.05) is 0 Å². The molecule has 0 radical (unpaired) electrons. The molecule has 0 aromatic carbocycles. The molecular weight excluding hydrogens is 455 g/mol. The Hall–Kier alpha value is -3.84. The Bertz CT molecular complexity index is 1240. The number of carbonyl (C=O) groups is 1. The first-order valence-electron chi connectivity index (χ1n) is 10.4. The lowest BCUT2D eigenvalue weighted by molar-refractivity contribution is -0.140. The van der Waals surface area contributed by atoms with Crippen LogP contribution in [0.4, 0.5) is 35.4 Å². The second-order valence-electron chi connectivity index (χ2n) is 7.98. The number of nitrogens with two attached hydrogens (primary N) is 1. The summed E-state index contributed by atoms with van der Waals surface area (Å²) in [6.45, 7) is 4.29. The number of pyridine rings is 1. The van der Waals surface area contributed by atoms with E-state index >= 15 is 0 Å². The Morgan fingerprint density at radius 3 is 2.59 bits per heavy atom. The van der Waals surface area contributed by atoms with Gasteiger partial charge in [-0.25, -0.2) is 14.5 Å². The zero-order chi connectivity index (χ0) is 24.8. The highest BCUT2D eigenvalue weighted by Crippen LogP contribution is 2.38. The molecule has 3 N–H and O–H groups in total. The van der Waals surface area contributed by atoms with Gasteiger partial charge in [-0.15, -0.1) is 0 Å². The molecule has 4 rings (SSSR count). The molecule has 3 aromatic rings. The topological polar surface area (TPSA) is 127 Å². The van der Waals surface area contributed by atoms with E-state index in [1.807, 2.05) is 0 Å². The average Bonchev–Trinajstić information content (AvgIpc) is 3.11. The molecular formula is C20H24F3N9O2. The Balaban J connectivity index is 1.58. The lowest BCUT2D eigenvalue weighted by atomic mass is 10.1. The van der Waals surface area contributed by atoms with Gasteiger partial charge in [0.15, 0.2) is 11.3 Å². The number of hydrogen-bond donors (Lipinski definition) is 2. The molecule has 2 amide bonds. The number of methoxy groups -OCH3 is 1. The van der Waals surface area contributed by atoms with Gasteiger partial charge < -0.3 is 25.6 Å². The Morgan fingerprint density at radius 1 is 1.24 bits per heavy atom. The van der Waals surface area contributed by atoms with Crippen LogP contribution in [0.1, 0.15) is 18.3 Å². The number of amides is 2. The highest BCUT2D eigenvalue weighted by atomic mass is 19.4. The maximum absolute atomic E-state index is 13.7. The second kappa shape index (κ2) is 8.50. The van der Waals surface area contributed by atoms with E-state index in [4.69, 9.17) is 10.5 Å². The van der Waals surface area contributed by atoms with Crippen LogP contribution in [-0.2, 0) is 13.2 Å². The Kier molecular flexibility index (Phi) is 5.83. The summed E-state index contributed by atoms with van der Waals surface area (Å²) in [7, 11) is 2.87. The number of hydrogen-bond acceptors (Lipinski definition) is 8. The number of nitrogen functional groups attached to an aromatic ring is 1. The molecule has 1 fully saturated rings. The number of halogens is 3. The minimum atomic E-state index is -4.69. The molecule has 14 heteroatoms. The number of nitrogens with one attached hydrogen (secondary N) is 1. The number of aryl methyl sites for hydroxylation is 2. The third-order valence-electron chi connectivity index (χ3n) is 5.65. The van der Waals surface area contributed by atoms with Crippen molar-refractivity contribution in [1.29, 1.82) is 0 Å². The summed E-state index contributed by atoms with van der Waals surface area (Å²) in [6, 6.07) is 2.64. The fourth-order valence-electron chi connectivity index (χ4n) is 3.99. The molecule has 4 heterocycles. The first-order chi connectivity index (χ1) is 16.0. The first-order valence-corrected chi connectivity index (χ1v) is 10.4. The Morgan fingerprint density at radius 2 is 1.97 bits per heavy atom. The van der Waals surface area contributed by atoms with E-state index in [1.165, 1.54) is 14.2 Å². The molecule has 1 atom stereocenters. The number of rotatable bonds is 3. The molecule has 0 unspecified atom stereocenters. The fraction of sp³-hybridized carbons (Fsp3) is 0.450. The lowest BCUT2D eigenvalue weighted by Gasteiger charge is -2.40. The van der Waals surface area contributed by atoms with Gasteiger partial charge in [0, 0.05) is 38.8 Å². The van der Waals surface area contributed by atoms with E-state index in [1.54, 1.807) is 35.8 Å². The maximum atomic E-state index is 13.7. The highest BCUT2D eigenvalue weighted by molar-refractivity contribution is 5.92. The third kappa shape index (κ3) is 4.22. The van der Waals surface area contributed by atoms with Gasteiger partial charge in [-0.05, 0) is 19.9 Å². The van der Waals surface area contributed by atoms with Crippen molar-refractivity contribution < 1.29 is 22.7 Å². The first kappa shape index (κ1) is 23.3. The largest absolute Gasteiger partial charge is 0.481 e. The monoisotopic (exact) mass is 479 g/mol. The number of nitrogens with zero attached hydrogens (tertiary/aromatic N) is 7. The number of ether oxygens (including phenoxy) is 1. The van der Waals surface area contributed by atoms with Crippen LogP contribution in [0, 0.1) is 6.92 Å². The van der Waals surface area contributed by atoms with E-state index in [0.29, 0.717) is 17.3 Å². The normalized spacial score (nSPS) is 16.7. The molecule has 0 bridgehead atoms. The summed E-state index contributed by atoms with van der Waals surface area (Å²) in [6.07, 6.45) is -4.69. The van der Waals surface area contributed by atoms with Crippen molar-refractivity contribution >= 4 is 34.5 Å². The van der Waals surface area contributed by atoms with Gasteiger partial charge in [0.25, 0.3) is 0 Å². The van der Waals surface area contributed by atoms with E-state index in [2.05, 4.69) is 25.4 Å². The quantitative estimate of drug-likeness (QED) is 0.586. The molecule has 0 aliphatic carbocycles. The van der Waals surface area contributed by atoms with Crippen molar-refractivity contribution in [2.75, 3.05) is 42.7 Å². The number of alkyl halides is 3. The number of fused-ring (bicyclic) bond motifs is 1. The van der Waals surface area contributed by atoms with Gasteiger partial charge in [0.05, 0.1) is 23.9 Å². The molecule has 11 nitrogen and oxygen atoms in total. The molecule has 0 saturated carbocycles. The van der Waals surface area contributed by atoms with Crippen molar-refractivity contribution in [2.24, 2.45) is 7.05 Å². The van der Waals surface area contributed by atoms with Crippen LogP contribution in [0.2, 0.25) is 0 Å². The minimum absolute atomic E-state index is 0.00956. The number of carbonyl (C=O) groups excluding carboxylic acids is 1. The highest BCUT2D eigenvalue weighted by Gasteiger charge is 2.40. The van der Waals surface area contributed by atoms with Crippen LogP contribution < -0.4 is 20.7 Å². The SMILES string of the molecule is COc1ccc(NC(=O)N2CCN(c3nc(N)nc4c3c(C(F)(F)F)nn4C)[C@@H](C)C2)c(C)n1. The zero-order valence-electron chi connectivity index (χ0n) is 19.0. The minimum Gasteiger partial charge on any atom is -0.481 e. The number of anilines is 3. The zero-order valence-corrected chi connectivity index (χ0v) is 19.0. The summed E-state index contributed by atoms with van der Waals surface area (Å²) >= 11 is 0. The van der Waals surface area contributed by atoms with Crippen molar-refractivity contribution in [3.8, 4) is 5.88 Å². The van der Waals surface area contributed by atoms with E-state index in [9.17, 15) is 18.0 Å². The number of aromatic nitrogens is 5. The fourth-order valence-corrected chi connectivity index (χ4v) is 3.99. The number of urea groups is 1. The molecule has 1 saturated heterocycles. The van der Waals surface area contributed by atoms with Gasteiger partial charge in [0.2, 0.25) is 11.8 Å². The lowest BCUT2D eigenvalue weighted by Crippen LogP contribution is -2.55. The average molecular weight is 479 g/mol. The van der Waals surface area contributed by atoms with Crippen molar-refractivity contribution in [2.45, 2.75) is 26.1 Å². The predicted octanol–water partition coefficient (Wildman–Crippen LogP) is 2.42. The molecule has 182 valence electrons. The summed E-state index contributed by atoms with van der Waals surface area (Å²) in [4.78, 5) is 28.4. The molecule has 3 aromatic heterocycles. The van der Waals surface area contributed by atoms with Crippen LogP contribution in [0.25, 0.3) is 11.0 Å². The van der Waals surface area contributed by atoms with Crippen molar-refractivity contribution in [3.63, 3.8) is 0 Å². The van der Waals surface area contributed by atoms with Crippen molar-refractivity contribution in [3.05, 3.63) is 23.5 Å². The van der Waals surface area contributed by atoms with E-state index in [0.717, 1.165) is 4.68 Å². The standard InChI is InChI=1S/C20H24F3N9O2/c1-10-9-31(19(33)26-12-5-6-13(34-4)25-11(12)2)7-8-32(10)17-14-15(20(21,22)23)29-30(3)16(14)27-18(24)28-17/h5-6,10H,7-9H2,1-4H3,(H,26,33)(H2,24,27,28)/t10-/m0/s1. The molecule has 1 aliphatic heterocycles. The smallest absolute Gasteiger partial charge is 0.435 e. The Labute approximate surface area is 192 Å². The second-order valence-corrected chi connectivity index (χ2v) is 7.98. The van der Waals surface area contributed by atoms with Gasteiger partial charge in [-0.3, -0.25) is 0 Å². The van der Waals surface area contributed by atoms with Crippen LogP contribution in [0.5, 0.6) is 5.88 Å².